The van der Waals surface area contributed by atoms with Gasteiger partial charge in [-0.3, -0.25) is 9.59 Å². The average molecular weight is 621 g/mol. The van der Waals surface area contributed by atoms with Crippen LogP contribution < -0.4 is 15.4 Å². The highest BCUT2D eigenvalue weighted by Crippen LogP contribution is 2.29. The van der Waals surface area contributed by atoms with Crippen molar-refractivity contribution in [2.45, 2.75) is 51.2 Å². The lowest BCUT2D eigenvalue weighted by molar-refractivity contribution is 0.0888. The lowest BCUT2D eigenvalue weighted by Crippen LogP contribution is -2.44. The van der Waals surface area contributed by atoms with Gasteiger partial charge in [0.05, 0.1) is 6.20 Å². The van der Waals surface area contributed by atoms with E-state index in [-0.39, 0.29) is 29.4 Å². The molecule has 1 aliphatic carbocycles. The Morgan fingerprint density at radius 3 is 2.30 bits per heavy atom. The van der Waals surface area contributed by atoms with Gasteiger partial charge in [-0.1, -0.05) is 42.5 Å². The van der Waals surface area contributed by atoms with Gasteiger partial charge in [-0.05, 0) is 93.7 Å². The van der Waals surface area contributed by atoms with Crippen molar-refractivity contribution in [3.8, 4) is 22.8 Å². The van der Waals surface area contributed by atoms with Crippen LogP contribution in [0.4, 0.5) is 4.39 Å². The van der Waals surface area contributed by atoms with E-state index in [1.807, 2.05) is 61.8 Å². The van der Waals surface area contributed by atoms with Crippen molar-refractivity contribution in [1.29, 1.82) is 0 Å². The minimum Gasteiger partial charge on any atom is -0.438 e. The molecule has 3 heterocycles. The molecule has 0 unspecified atom stereocenters. The number of fused-ring (bicyclic) bond motifs is 1. The Hall–Kier alpha value is -5.09. The van der Waals surface area contributed by atoms with Crippen LogP contribution >= 0.6 is 0 Å². The zero-order chi connectivity index (χ0) is 32.2. The highest BCUT2D eigenvalue weighted by Gasteiger charge is 2.26. The fraction of sp³-hybridized carbons (Fsp3) is 0.278. The van der Waals surface area contributed by atoms with E-state index in [0.717, 1.165) is 41.3 Å². The van der Waals surface area contributed by atoms with Crippen LogP contribution in [-0.4, -0.2) is 57.3 Å². The second-order valence-corrected chi connectivity index (χ2v) is 12.1. The smallest absolute Gasteiger partial charge is 0.271 e. The van der Waals surface area contributed by atoms with Crippen molar-refractivity contribution >= 4 is 17.5 Å². The molecule has 5 aromatic rings. The molecule has 0 bridgehead atoms. The van der Waals surface area contributed by atoms with Crippen LogP contribution in [0.15, 0.2) is 85.2 Å². The van der Waals surface area contributed by atoms with E-state index in [4.69, 9.17) is 4.74 Å². The van der Waals surface area contributed by atoms with E-state index in [9.17, 15) is 14.0 Å². The fourth-order valence-corrected chi connectivity index (χ4v) is 5.85. The van der Waals surface area contributed by atoms with Crippen LogP contribution in [0.5, 0.6) is 11.6 Å². The van der Waals surface area contributed by atoms with Gasteiger partial charge in [-0.25, -0.2) is 14.4 Å². The number of carbonyl (C=O) groups is 2. The molecule has 3 aromatic heterocycles. The first kappa shape index (κ1) is 30.9. The maximum Gasteiger partial charge on any atom is 0.271 e. The summed E-state index contributed by atoms with van der Waals surface area (Å²) in [4.78, 5) is 36.9. The van der Waals surface area contributed by atoms with Crippen LogP contribution in [0.1, 0.15) is 57.8 Å². The molecule has 0 spiro atoms. The Kier molecular flexibility index (Phi) is 9.07. The lowest BCUT2D eigenvalue weighted by Gasteiger charge is -2.29. The topological polar surface area (TPSA) is 101 Å². The molecule has 0 aliphatic heterocycles. The maximum absolute atomic E-state index is 14.3. The molecule has 0 saturated heterocycles. The third-order valence-electron chi connectivity index (χ3n) is 8.22. The van der Waals surface area contributed by atoms with Crippen molar-refractivity contribution in [2.24, 2.45) is 0 Å². The number of nitrogens with zero attached hydrogens (tertiary/aromatic N) is 4. The summed E-state index contributed by atoms with van der Waals surface area (Å²) in [5.41, 5.74) is 5.31. The Labute approximate surface area is 267 Å². The van der Waals surface area contributed by atoms with E-state index < -0.39 is 11.7 Å². The molecule has 0 atom stereocenters. The Morgan fingerprint density at radius 2 is 1.61 bits per heavy atom. The number of aryl methyl sites for hydroxylation is 1. The van der Waals surface area contributed by atoms with E-state index in [1.54, 1.807) is 12.3 Å². The summed E-state index contributed by atoms with van der Waals surface area (Å²) in [5, 5.41) is 6.10. The number of ether oxygens (including phenoxy) is 1. The highest BCUT2D eigenvalue weighted by molar-refractivity contribution is 5.96. The van der Waals surface area contributed by atoms with Gasteiger partial charge < -0.3 is 24.7 Å². The SMILES string of the molecule is Cc1cccc2nc(C(=O)N[C@H]3CC[C@H](NC(=O)c4cc(F)cnc4Oc4cccc(-c5ccc(CN(C)C)cc5)c4)CC3)cn12. The number of nitrogens with one attached hydrogen (secondary N) is 2. The molecule has 10 heteroatoms. The Balaban J connectivity index is 1.07. The normalized spacial score (nSPS) is 16.4. The first-order valence-corrected chi connectivity index (χ1v) is 15.5. The number of rotatable bonds is 9. The molecular formula is C36H37FN6O3. The average Bonchev–Trinajstić information content (AvgIpc) is 3.49. The van der Waals surface area contributed by atoms with Crippen molar-refractivity contribution in [3.63, 3.8) is 0 Å². The van der Waals surface area contributed by atoms with Crippen LogP contribution in [0.2, 0.25) is 0 Å². The number of hydrogen-bond acceptors (Lipinski definition) is 6. The number of pyridine rings is 2. The van der Waals surface area contributed by atoms with Crippen molar-refractivity contribution in [2.75, 3.05) is 14.1 Å². The predicted octanol–water partition coefficient (Wildman–Crippen LogP) is 6.17. The number of aromatic nitrogens is 3. The molecule has 2 amide bonds. The van der Waals surface area contributed by atoms with Gasteiger partial charge in [-0.2, -0.15) is 0 Å². The second-order valence-electron chi connectivity index (χ2n) is 12.1. The highest BCUT2D eigenvalue weighted by atomic mass is 19.1. The van der Waals surface area contributed by atoms with E-state index in [1.165, 1.54) is 5.56 Å². The first-order valence-electron chi connectivity index (χ1n) is 15.5. The van der Waals surface area contributed by atoms with Crippen molar-refractivity contribution < 1.29 is 18.7 Å². The number of benzene rings is 2. The third-order valence-corrected chi connectivity index (χ3v) is 8.22. The number of halogens is 1. The monoisotopic (exact) mass is 620 g/mol. The zero-order valence-corrected chi connectivity index (χ0v) is 26.2. The standard InChI is InChI=1S/C36H37FN6O3/c1-23-6-4-9-33-41-32(22-43(23)33)35(45)40-29-16-14-28(15-17-29)39-34(44)31-19-27(37)20-38-36(31)46-30-8-5-7-26(18-30)25-12-10-24(11-13-25)21-42(2)3/h4-13,18-20,22,28-29H,14-17,21H2,1-3H3,(H,39,44)(H,40,45)/t28-,29-. The molecule has 236 valence electrons. The van der Waals surface area contributed by atoms with E-state index >= 15 is 0 Å². The van der Waals surface area contributed by atoms with Crippen molar-refractivity contribution in [1.82, 2.24) is 29.9 Å². The fourth-order valence-electron chi connectivity index (χ4n) is 5.85. The quantitative estimate of drug-likeness (QED) is 0.205. The molecule has 6 rings (SSSR count). The van der Waals surface area contributed by atoms with Crippen molar-refractivity contribution in [3.05, 3.63) is 114 Å². The van der Waals surface area contributed by atoms with Crippen LogP contribution in [0.3, 0.4) is 0 Å². The number of amides is 2. The van der Waals surface area contributed by atoms with Gasteiger partial charge in [0.1, 0.15) is 28.5 Å². The molecule has 1 saturated carbocycles. The number of hydrogen-bond donors (Lipinski definition) is 2. The predicted molar refractivity (Wildman–Crippen MR) is 174 cm³/mol. The van der Waals surface area contributed by atoms with Crippen LogP contribution in [0, 0.1) is 12.7 Å². The van der Waals surface area contributed by atoms with Gasteiger partial charge in [0.15, 0.2) is 0 Å². The summed E-state index contributed by atoms with van der Waals surface area (Å²) in [6, 6.07) is 22.5. The summed E-state index contributed by atoms with van der Waals surface area (Å²) in [6.07, 6.45) is 5.49. The number of carbonyl (C=O) groups excluding carboxylic acids is 2. The van der Waals surface area contributed by atoms with Crippen LogP contribution in [0.25, 0.3) is 16.8 Å². The van der Waals surface area contributed by atoms with Gasteiger partial charge in [-0.15, -0.1) is 0 Å². The summed E-state index contributed by atoms with van der Waals surface area (Å²) in [6.45, 7) is 2.82. The summed E-state index contributed by atoms with van der Waals surface area (Å²) < 4.78 is 22.2. The van der Waals surface area contributed by atoms with Gasteiger partial charge >= 0.3 is 0 Å². The second kappa shape index (κ2) is 13.5. The third kappa shape index (κ3) is 7.24. The van der Waals surface area contributed by atoms with Gasteiger partial charge in [0.25, 0.3) is 11.8 Å². The molecule has 1 fully saturated rings. The molecule has 9 nitrogen and oxygen atoms in total. The molecule has 0 radical (unpaired) electrons. The number of imidazole rings is 1. The van der Waals surface area contributed by atoms with Gasteiger partial charge in [0.2, 0.25) is 5.88 Å². The minimum absolute atomic E-state index is 0.0241. The molecular weight excluding hydrogens is 583 g/mol. The first-order chi connectivity index (χ1) is 22.2. The Morgan fingerprint density at radius 1 is 0.913 bits per heavy atom. The molecule has 1 aliphatic rings. The molecule has 46 heavy (non-hydrogen) atoms. The molecule has 2 N–H and O–H groups in total. The summed E-state index contributed by atoms with van der Waals surface area (Å²) >= 11 is 0. The lowest BCUT2D eigenvalue weighted by atomic mass is 9.91. The van der Waals surface area contributed by atoms with E-state index in [0.29, 0.717) is 37.1 Å². The maximum atomic E-state index is 14.3. The van der Waals surface area contributed by atoms with Crippen LogP contribution in [-0.2, 0) is 6.54 Å². The Bertz CT molecular complexity index is 1860. The summed E-state index contributed by atoms with van der Waals surface area (Å²) in [7, 11) is 4.07. The minimum atomic E-state index is -0.627. The van der Waals surface area contributed by atoms with Gasteiger partial charge in [0, 0.05) is 30.5 Å². The van der Waals surface area contributed by atoms with E-state index in [2.05, 4.69) is 49.8 Å². The summed E-state index contributed by atoms with van der Waals surface area (Å²) in [5.74, 6) is -0.783. The zero-order valence-electron chi connectivity index (χ0n) is 26.2. The largest absolute Gasteiger partial charge is 0.438 e. The molecule has 2 aromatic carbocycles.